The van der Waals surface area contributed by atoms with Gasteiger partial charge in [-0.1, -0.05) is 23.8 Å². The van der Waals surface area contributed by atoms with Gasteiger partial charge in [-0.05, 0) is 51.0 Å². The predicted octanol–water partition coefficient (Wildman–Crippen LogP) is 3.56. The largest absolute Gasteiger partial charge is 0.276 e. The summed E-state index contributed by atoms with van der Waals surface area (Å²) < 4.78 is 0. The highest BCUT2D eigenvalue weighted by Crippen LogP contribution is 2.29. The fourth-order valence-corrected chi connectivity index (χ4v) is 2.63. The summed E-state index contributed by atoms with van der Waals surface area (Å²) in [5.74, 6) is 0. The zero-order chi connectivity index (χ0) is 13.5. The second-order valence-corrected chi connectivity index (χ2v) is 5.83. The molecule has 0 amide bonds. The van der Waals surface area contributed by atoms with Crippen LogP contribution in [0.2, 0.25) is 0 Å². The monoisotopic (exact) mass is 250 g/mol. The lowest BCUT2D eigenvalue weighted by Crippen LogP contribution is -2.29. The van der Waals surface area contributed by atoms with Gasteiger partial charge in [-0.25, -0.2) is 0 Å². The third kappa shape index (κ3) is 2.30. The molecule has 2 aromatic rings. The van der Waals surface area contributed by atoms with Gasteiger partial charge in [0.05, 0.1) is 16.9 Å². The van der Waals surface area contributed by atoms with E-state index in [-0.39, 0.29) is 5.54 Å². The van der Waals surface area contributed by atoms with Gasteiger partial charge in [0.2, 0.25) is 0 Å². The minimum Gasteiger partial charge on any atom is -0.276 e. The molecule has 0 radical (unpaired) electrons. The van der Waals surface area contributed by atoms with Crippen molar-refractivity contribution in [3.63, 3.8) is 0 Å². The van der Waals surface area contributed by atoms with Gasteiger partial charge in [0.15, 0.2) is 0 Å². The Labute approximate surface area is 114 Å². The molecule has 0 saturated heterocycles. The van der Waals surface area contributed by atoms with Crippen LogP contribution < -0.4 is 0 Å². The van der Waals surface area contributed by atoms with Crippen LogP contribution in [0.5, 0.6) is 0 Å². The SMILES string of the molecule is Cc1ccc2c(c1)C(c1ccccn1)=NC(C)(C)C2. The van der Waals surface area contributed by atoms with E-state index in [0.717, 1.165) is 17.8 Å². The Morgan fingerprint density at radius 2 is 1.95 bits per heavy atom. The normalized spacial score (nSPS) is 16.7. The zero-order valence-electron chi connectivity index (χ0n) is 11.6. The number of hydrogen-bond donors (Lipinski definition) is 0. The molecule has 0 fully saturated rings. The smallest absolute Gasteiger partial charge is 0.0912 e. The lowest BCUT2D eigenvalue weighted by atomic mass is 9.85. The van der Waals surface area contributed by atoms with Crippen molar-refractivity contribution in [2.24, 2.45) is 4.99 Å². The van der Waals surface area contributed by atoms with Crippen molar-refractivity contribution in [2.45, 2.75) is 32.7 Å². The molecule has 0 aliphatic carbocycles. The fourth-order valence-electron chi connectivity index (χ4n) is 2.63. The Balaban J connectivity index is 2.21. The number of hydrogen-bond acceptors (Lipinski definition) is 2. The van der Waals surface area contributed by atoms with Gasteiger partial charge >= 0.3 is 0 Å². The van der Waals surface area contributed by atoms with Gasteiger partial charge in [0, 0.05) is 11.8 Å². The Hall–Kier alpha value is -1.96. The maximum absolute atomic E-state index is 4.92. The molecule has 1 aromatic carbocycles. The number of benzene rings is 1. The molecule has 0 atom stereocenters. The summed E-state index contributed by atoms with van der Waals surface area (Å²) in [5.41, 5.74) is 5.79. The van der Waals surface area contributed by atoms with Crippen LogP contribution in [-0.2, 0) is 6.42 Å². The summed E-state index contributed by atoms with van der Waals surface area (Å²) in [4.78, 5) is 9.39. The Morgan fingerprint density at radius 1 is 1.11 bits per heavy atom. The van der Waals surface area contributed by atoms with E-state index in [1.807, 2.05) is 24.4 Å². The Bertz CT molecular complexity index is 640. The van der Waals surface area contributed by atoms with Crippen LogP contribution in [-0.4, -0.2) is 16.2 Å². The summed E-state index contributed by atoms with van der Waals surface area (Å²) in [5, 5.41) is 0. The average molecular weight is 250 g/mol. The zero-order valence-corrected chi connectivity index (χ0v) is 11.6. The van der Waals surface area contributed by atoms with E-state index >= 15 is 0 Å². The summed E-state index contributed by atoms with van der Waals surface area (Å²) >= 11 is 0. The molecule has 3 rings (SSSR count). The van der Waals surface area contributed by atoms with Gasteiger partial charge < -0.3 is 0 Å². The highest BCUT2D eigenvalue weighted by atomic mass is 14.9. The molecule has 1 aliphatic heterocycles. The van der Waals surface area contributed by atoms with Crippen LogP contribution in [0.15, 0.2) is 47.6 Å². The number of aryl methyl sites for hydroxylation is 1. The number of aromatic nitrogens is 1. The Morgan fingerprint density at radius 3 is 2.68 bits per heavy atom. The quantitative estimate of drug-likeness (QED) is 0.759. The minimum absolute atomic E-state index is 0.0604. The molecule has 0 N–H and O–H groups in total. The maximum Gasteiger partial charge on any atom is 0.0912 e. The third-order valence-electron chi connectivity index (χ3n) is 3.47. The average Bonchev–Trinajstić information content (AvgIpc) is 2.39. The first-order valence-electron chi connectivity index (χ1n) is 6.66. The molecule has 2 nitrogen and oxygen atoms in total. The van der Waals surface area contributed by atoms with E-state index in [9.17, 15) is 0 Å². The number of rotatable bonds is 1. The first-order chi connectivity index (χ1) is 9.05. The first kappa shape index (κ1) is 12.1. The van der Waals surface area contributed by atoms with E-state index < -0.39 is 0 Å². The second-order valence-electron chi connectivity index (χ2n) is 5.83. The van der Waals surface area contributed by atoms with Crippen molar-refractivity contribution < 1.29 is 0 Å². The maximum atomic E-state index is 4.92. The number of aliphatic imine (C=N–C) groups is 1. The molecular formula is C17H18N2. The summed E-state index contributed by atoms with van der Waals surface area (Å²) in [6.45, 7) is 6.48. The standard InChI is InChI=1S/C17H18N2/c1-12-7-8-13-11-17(2,3)19-16(14(13)10-12)15-6-4-5-9-18-15/h4-10H,11H2,1-3H3. The van der Waals surface area contributed by atoms with E-state index in [1.165, 1.54) is 16.7 Å². The molecular weight excluding hydrogens is 232 g/mol. The molecule has 0 saturated carbocycles. The molecule has 0 bridgehead atoms. The summed E-state index contributed by atoms with van der Waals surface area (Å²) in [6.07, 6.45) is 2.81. The number of nitrogens with zero attached hydrogens (tertiary/aromatic N) is 2. The minimum atomic E-state index is -0.0604. The van der Waals surface area contributed by atoms with E-state index in [4.69, 9.17) is 4.99 Å². The topological polar surface area (TPSA) is 25.2 Å². The Kier molecular flexibility index (Phi) is 2.74. The van der Waals surface area contributed by atoms with Crippen LogP contribution in [0, 0.1) is 6.92 Å². The van der Waals surface area contributed by atoms with Crippen molar-refractivity contribution in [1.82, 2.24) is 4.98 Å². The van der Waals surface area contributed by atoms with Crippen molar-refractivity contribution in [3.8, 4) is 0 Å². The van der Waals surface area contributed by atoms with Crippen LogP contribution in [0.3, 0.4) is 0 Å². The molecule has 0 spiro atoms. The van der Waals surface area contributed by atoms with Crippen LogP contribution in [0.1, 0.15) is 36.2 Å². The lowest BCUT2D eigenvalue weighted by molar-refractivity contribution is 0.513. The molecule has 2 heteroatoms. The number of fused-ring (bicyclic) bond motifs is 1. The summed E-state index contributed by atoms with van der Waals surface area (Å²) in [6, 6.07) is 12.6. The molecule has 0 unspecified atom stereocenters. The van der Waals surface area contributed by atoms with Crippen molar-refractivity contribution in [1.29, 1.82) is 0 Å². The van der Waals surface area contributed by atoms with Crippen molar-refractivity contribution in [3.05, 3.63) is 65.0 Å². The highest BCUT2D eigenvalue weighted by molar-refractivity contribution is 6.13. The van der Waals surface area contributed by atoms with Crippen LogP contribution >= 0.6 is 0 Å². The van der Waals surface area contributed by atoms with Gasteiger partial charge in [-0.2, -0.15) is 0 Å². The predicted molar refractivity (Wildman–Crippen MR) is 78.8 cm³/mol. The van der Waals surface area contributed by atoms with Crippen LogP contribution in [0.4, 0.5) is 0 Å². The molecule has 19 heavy (non-hydrogen) atoms. The van der Waals surface area contributed by atoms with Crippen LogP contribution in [0.25, 0.3) is 0 Å². The molecule has 96 valence electrons. The molecule has 1 aliphatic rings. The molecule has 2 heterocycles. The second kappa shape index (κ2) is 4.30. The third-order valence-corrected chi connectivity index (χ3v) is 3.47. The number of pyridine rings is 1. The van der Waals surface area contributed by atoms with Crippen molar-refractivity contribution >= 4 is 5.71 Å². The van der Waals surface area contributed by atoms with Gasteiger partial charge in [-0.3, -0.25) is 9.98 Å². The van der Waals surface area contributed by atoms with Gasteiger partial charge in [0.1, 0.15) is 0 Å². The highest BCUT2D eigenvalue weighted by Gasteiger charge is 2.27. The van der Waals surface area contributed by atoms with E-state index in [1.54, 1.807) is 0 Å². The molecule has 1 aromatic heterocycles. The van der Waals surface area contributed by atoms with E-state index in [0.29, 0.717) is 0 Å². The van der Waals surface area contributed by atoms with Gasteiger partial charge in [0.25, 0.3) is 0 Å². The first-order valence-corrected chi connectivity index (χ1v) is 6.66. The lowest BCUT2D eigenvalue weighted by Gasteiger charge is -2.29. The fraction of sp³-hybridized carbons (Fsp3) is 0.294. The van der Waals surface area contributed by atoms with Gasteiger partial charge in [-0.15, -0.1) is 0 Å². The van der Waals surface area contributed by atoms with E-state index in [2.05, 4.69) is 44.0 Å². The van der Waals surface area contributed by atoms with Crippen molar-refractivity contribution in [2.75, 3.05) is 0 Å². The summed E-state index contributed by atoms with van der Waals surface area (Å²) in [7, 11) is 0.